The Labute approximate surface area is 170 Å². The number of ether oxygens (including phenoxy) is 2. The van der Waals surface area contributed by atoms with Crippen molar-refractivity contribution < 1.29 is 33.2 Å². The summed E-state index contributed by atoms with van der Waals surface area (Å²) in [5.41, 5.74) is 0.0499. The average Bonchev–Trinajstić information content (AvgIpc) is 2.72. The van der Waals surface area contributed by atoms with Gasteiger partial charge in [0.1, 0.15) is 11.6 Å². The predicted molar refractivity (Wildman–Crippen MR) is 104 cm³/mol. The molecule has 1 N–H and O–H groups in total. The Hall–Kier alpha value is -3.82. The average molecular weight is 418 g/mol. The summed E-state index contributed by atoms with van der Waals surface area (Å²) in [5, 5.41) is 13.3. The molecule has 0 bridgehead atoms. The molecule has 0 aliphatic rings. The molecule has 9 nitrogen and oxygen atoms in total. The third-order valence-electron chi connectivity index (χ3n) is 4.05. The lowest BCUT2D eigenvalue weighted by Crippen LogP contribution is -2.30. The zero-order chi connectivity index (χ0) is 22.3. The van der Waals surface area contributed by atoms with Crippen LogP contribution < -0.4 is 10.1 Å². The number of hydrogen-bond donors (Lipinski definition) is 1. The molecule has 0 unspecified atom stereocenters. The van der Waals surface area contributed by atoms with Crippen LogP contribution in [0.4, 0.5) is 15.8 Å². The molecule has 2 aromatic rings. The fourth-order valence-corrected chi connectivity index (χ4v) is 2.45. The number of Topliss-reactive ketones (excluding diaryl/α,β-unsaturated/α-hetero) is 1. The van der Waals surface area contributed by atoms with E-state index in [4.69, 9.17) is 9.47 Å². The first-order valence-corrected chi connectivity index (χ1v) is 8.82. The smallest absolute Gasteiger partial charge is 0.307 e. The van der Waals surface area contributed by atoms with Crippen LogP contribution in [0, 0.1) is 15.9 Å². The van der Waals surface area contributed by atoms with Gasteiger partial charge in [-0.1, -0.05) is 0 Å². The maximum absolute atomic E-state index is 12.9. The van der Waals surface area contributed by atoms with Gasteiger partial charge in [0.15, 0.2) is 11.9 Å². The summed E-state index contributed by atoms with van der Waals surface area (Å²) in [6, 6.07) is 8.56. The Morgan fingerprint density at radius 3 is 2.40 bits per heavy atom. The van der Waals surface area contributed by atoms with Crippen LogP contribution in [0.2, 0.25) is 0 Å². The number of nitrogens with zero attached hydrogens (tertiary/aromatic N) is 1. The monoisotopic (exact) mass is 418 g/mol. The Kier molecular flexibility index (Phi) is 7.56. The van der Waals surface area contributed by atoms with Gasteiger partial charge in [-0.2, -0.15) is 0 Å². The van der Waals surface area contributed by atoms with E-state index in [1.165, 1.54) is 38.3 Å². The molecule has 0 radical (unpaired) electrons. The quantitative estimate of drug-likeness (QED) is 0.287. The van der Waals surface area contributed by atoms with Gasteiger partial charge < -0.3 is 14.8 Å². The first-order chi connectivity index (χ1) is 14.2. The van der Waals surface area contributed by atoms with Crippen LogP contribution >= 0.6 is 0 Å². The molecule has 0 spiro atoms. The van der Waals surface area contributed by atoms with Crippen LogP contribution in [-0.4, -0.2) is 35.8 Å². The van der Waals surface area contributed by atoms with Crippen molar-refractivity contribution in [1.29, 1.82) is 0 Å². The number of halogens is 1. The number of carbonyl (C=O) groups excluding carboxylic acids is 3. The van der Waals surface area contributed by atoms with Crippen molar-refractivity contribution in [3.63, 3.8) is 0 Å². The SMILES string of the molecule is COc1ccc([N+](=O)[O-])cc1NC(=O)[C@@H](C)OC(=O)CCC(=O)c1ccc(F)cc1. The van der Waals surface area contributed by atoms with Crippen LogP contribution in [-0.2, 0) is 14.3 Å². The lowest BCUT2D eigenvalue weighted by molar-refractivity contribution is -0.384. The van der Waals surface area contributed by atoms with E-state index in [1.807, 2.05) is 0 Å². The van der Waals surface area contributed by atoms with Gasteiger partial charge in [0.05, 0.1) is 24.1 Å². The zero-order valence-electron chi connectivity index (χ0n) is 16.2. The summed E-state index contributed by atoms with van der Waals surface area (Å²) in [5.74, 6) is -2.17. The van der Waals surface area contributed by atoms with Crippen LogP contribution in [0.25, 0.3) is 0 Å². The standard InChI is InChI=1S/C20H19FN2O7/c1-12(20(26)22-16-11-15(23(27)28)7-9-18(16)29-2)30-19(25)10-8-17(24)13-3-5-14(21)6-4-13/h3-7,9,11-12H,8,10H2,1-2H3,(H,22,26)/t12-/m1/s1. The third-order valence-corrected chi connectivity index (χ3v) is 4.05. The van der Waals surface area contributed by atoms with Gasteiger partial charge in [-0.3, -0.25) is 24.5 Å². The number of anilines is 1. The van der Waals surface area contributed by atoms with E-state index < -0.39 is 28.7 Å². The molecular weight excluding hydrogens is 399 g/mol. The summed E-state index contributed by atoms with van der Waals surface area (Å²) in [4.78, 5) is 46.5. The fourth-order valence-electron chi connectivity index (χ4n) is 2.45. The summed E-state index contributed by atoms with van der Waals surface area (Å²) in [6.45, 7) is 1.32. The number of non-ortho nitro benzene ring substituents is 1. The highest BCUT2D eigenvalue weighted by molar-refractivity contribution is 5.98. The largest absolute Gasteiger partial charge is 0.495 e. The molecule has 2 aromatic carbocycles. The molecule has 0 saturated heterocycles. The molecule has 0 heterocycles. The number of benzene rings is 2. The van der Waals surface area contributed by atoms with Gasteiger partial charge in [-0.05, 0) is 37.3 Å². The van der Waals surface area contributed by atoms with E-state index in [2.05, 4.69) is 5.32 Å². The minimum absolute atomic E-state index is 0.0473. The molecule has 0 fully saturated rings. The Morgan fingerprint density at radius 2 is 1.80 bits per heavy atom. The van der Waals surface area contributed by atoms with E-state index in [1.54, 1.807) is 0 Å². The number of nitrogens with one attached hydrogen (secondary N) is 1. The number of rotatable bonds is 9. The molecule has 10 heteroatoms. The summed E-state index contributed by atoms with van der Waals surface area (Å²) >= 11 is 0. The molecule has 0 aliphatic carbocycles. The van der Waals surface area contributed by atoms with E-state index in [-0.39, 0.29) is 41.3 Å². The summed E-state index contributed by atoms with van der Waals surface area (Å²) < 4.78 is 22.9. The highest BCUT2D eigenvalue weighted by atomic mass is 19.1. The number of hydrogen-bond acceptors (Lipinski definition) is 7. The second-order valence-electron chi connectivity index (χ2n) is 6.19. The number of esters is 1. The molecule has 2 rings (SSSR count). The molecule has 158 valence electrons. The second kappa shape index (κ2) is 10.1. The topological polar surface area (TPSA) is 125 Å². The fraction of sp³-hybridized carbons (Fsp3) is 0.250. The minimum atomic E-state index is -1.22. The van der Waals surface area contributed by atoms with E-state index in [0.717, 1.165) is 18.2 Å². The van der Waals surface area contributed by atoms with Crippen molar-refractivity contribution in [3.05, 3.63) is 64.0 Å². The van der Waals surface area contributed by atoms with Crippen LogP contribution in [0.5, 0.6) is 5.75 Å². The van der Waals surface area contributed by atoms with Crippen molar-refractivity contribution in [3.8, 4) is 5.75 Å². The Bertz CT molecular complexity index is 960. The lowest BCUT2D eigenvalue weighted by Gasteiger charge is -2.15. The molecule has 30 heavy (non-hydrogen) atoms. The maximum atomic E-state index is 12.9. The molecule has 1 amide bonds. The molecule has 0 aromatic heterocycles. The Balaban J connectivity index is 1.91. The van der Waals surface area contributed by atoms with Crippen LogP contribution in [0.1, 0.15) is 30.1 Å². The van der Waals surface area contributed by atoms with Gasteiger partial charge in [-0.15, -0.1) is 0 Å². The third kappa shape index (κ3) is 6.09. The number of amides is 1. The zero-order valence-corrected chi connectivity index (χ0v) is 16.2. The number of methoxy groups -OCH3 is 1. The summed E-state index contributed by atoms with van der Waals surface area (Å²) in [6.07, 6.45) is -1.66. The number of ketones is 1. The normalized spacial score (nSPS) is 11.3. The van der Waals surface area contributed by atoms with E-state index in [9.17, 15) is 28.9 Å². The highest BCUT2D eigenvalue weighted by Gasteiger charge is 2.21. The molecule has 1 atom stereocenters. The maximum Gasteiger partial charge on any atom is 0.307 e. The first kappa shape index (κ1) is 22.5. The van der Waals surface area contributed by atoms with E-state index in [0.29, 0.717) is 0 Å². The number of carbonyl (C=O) groups is 3. The minimum Gasteiger partial charge on any atom is -0.495 e. The van der Waals surface area contributed by atoms with Crippen molar-refractivity contribution in [2.75, 3.05) is 12.4 Å². The van der Waals surface area contributed by atoms with Crippen LogP contribution in [0.3, 0.4) is 0 Å². The number of nitro groups is 1. The van der Waals surface area contributed by atoms with Crippen molar-refractivity contribution in [2.45, 2.75) is 25.9 Å². The van der Waals surface area contributed by atoms with Gasteiger partial charge >= 0.3 is 5.97 Å². The van der Waals surface area contributed by atoms with Crippen molar-refractivity contribution >= 4 is 29.0 Å². The predicted octanol–water partition coefficient (Wildman–Crippen LogP) is 3.28. The van der Waals surface area contributed by atoms with Crippen LogP contribution in [0.15, 0.2) is 42.5 Å². The van der Waals surface area contributed by atoms with Gasteiger partial charge in [0.2, 0.25) is 0 Å². The lowest BCUT2D eigenvalue weighted by atomic mass is 10.1. The van der Waals surface area contributed by atoms with Crippen molar-refractivity contribution in [1.82, 2.24) is 0 Å². The Morgan fingerprint density at radius 1 is 1.13 bits per heavy atom. The molecular formula is C20H19FN2O7. The van der Waals surface area contributed by atoms with Gasteiger partial charge in [0.25, 0.3) is 11.6 Å². The highest BCUT2D eigenvalue weighted by Crippen LogP contribution is 2.29. The van der Waals surface area contributed by atoms with Gasteiger partial charge in [0, 0.05) is 24.1 Å². The molecule has 0 saturated carbocycles. The van der Waals surface area contributed by atoms with Crippen molar-refractivity contribution in [2.24, 2.45) is 0 Å². The summed E-state index contributed by atoms with van der Waals surface area (Å²) in [7, 11) is 1.33. The van der Waals surface area contributed by atoms with E-state index >= 15 is 0 Å². The number of nitro benzene ring substituents is 1. The first-order valence-electron chi connectivity index (χ1n) is 8.82. The molecule has 0 aliphatic heterocycles. The van der Waals surface area contributed by atoms with Gasteiger partial charge in [-0.25, -0.2) is 4.39 Å². The second-order valence-corrected chi connectivity index (χ2v) is 6.19.